The van der Waals surface area contributed by atoms with Crippen molar-refractivity contribution >= 4 is 5.84 Å². The van der Waals surface area contributed by atoms with Crippen molar-refractivity contribution < 1.29 is 8.78 Å². The van der Waals surface area contributed by atoms with Gasteiger partial charge in [0.15, 0.2) is 6.17 Å². The maximum Gasteiger partial charge on any atom is 0.154 e. The fraction of sp³-hybridized carbons (Fsp3) is 0.417. The molecule has 0 radical (unpaired) electrons. The van der Waals surface area contributed by atoms with Crippen LogP contribution in [0.15, 0.2) is 23.2 Å². The number of rotatable bonds is 4. The molecule has 1 rings (SSSR count). The number of hydrogen-bond donors (Lipinski definition) is 1. The number of nitrogens with two attached hydrogens (primary N) is 1. The van der Waals surface area contributed by atoms with Gasteiger partial charge < -0.3 is 5.73 Å². The Morgan fingerprint density at radius 2 is 2.19 bits per heavy atom. The van der Waals surface area contributed by atoms with Crippen LogP contribution in [0.4, 0.5) is 8.78 Å². The molecule has 1 aromatic carbocycles. The van der Waals surface area contributed by atoms with Crippen LogP contribution in [0, 0.1) is 5.82 Å². The number of alkyl halides is 1. The van der Waals surface area contributed by atoms with E-state index in [0.29, 0.717) is 17.5 Å². The van der Waals surface area contributed by atoms with E-state index in [4.69, 9.17) is 5.73 Å². The lowest BCUT2D eigenvalue weighted by molar-refractivity contribution is 0.450. The molecule has 4 heteroatoms. The summed E-state index contributed by atoms with van der Waals surface area (Å²) in [5.74, 6) is -0.304. The van der Waals surface area contributed by atoms with Crippen molar-refractivity contribution in [3.8, 4) is 0 Å². The molecular formula is C12H16F2N2. The molecule has 2 N–H and O–H groups in total. The van der Waals surface area contributed by atoms with Gasteiger partial charge in [-0.1, -0.05) is 19.1 Å². The van der Waals surface area contributed by atoms with Crippen LogP contribution in [0.1, 0.15) is 25.0 Å². The molecule has 2 nitrogen and oxygen atoms in total. The lowest BCUT2D eigenvalue weighted by Crippen LogP contribution is -2.22. The Morgan fingerprint density at radius 1 is 1.50 bits per heavy atom. The maximum absolute atomic E-state index is 13.4. The van der Waals surface area contributed by atoms with E-state index in [-0.39, 0.29) is 18.2 Å². The molecule has 0 heterocycles. The van der Waals surface area contributed by atoms with Crippen molar-refractivity contribution in [1.82, 2.24) is 0 Å². The first-order valence-corrected chi connectivity index (χ1v) is 5.25. The Labute approximate surface area is 94.2 Å². The Balaban J connectivity index is 2.76. The normalized spacial score (nSPS) is 13.9. The molecule has 0 aliphatic rings. The summed E-state index contributed by atoms with van der Waals surface area (Å²) in [6.07, 6.45) is -0.612. The van der Waals surface area contributed by atoms with E-state index in [2.05, 4.69) is 4.99 Å². The molecule has 0 fully saturated rings. The van der Waals surface area contributed by atoms with Gasteiger partial charge in [-0.05, 0) is 30.5 Å². The topological polar surface area (TPSA) is 38.4 Å². The summed E-state index contributed by atoms with van der Waals surface area (Å²) in [4.78, 5) is 3.84. The summed E-state index contributed by atoms with van der Waals surface area (Å²) in [5, 5.41) is 0. The van der Waals surface area contributed by atoms with E-state index in [1.54, 1.807) is 12.1 Å². The van der Waals surface area contributed by atoms with Gasteiger partial charge in [0.2, 0.25) is 0 Å². The number of benzene rings is 1. The van der Waals surface area contributed by atoms with Gasteiger partial charge in [-0.2, -0.15) is 0 Å². The fourth-order valence-electron chi connectivity index (χ4n) is 1.28. The van der Waals surface area contributed by atoms with Gasteiger partial charge in [-0.15, -0.1) is 0 Å². The van der Waals surface area contributed by atoms with E-state index >= 15 is 0 Å². The smallest absolute Gasteiger partial charge is 0.154 e. The molecule has 88 valence electrons. The predicted octanol–water partition coefficient (Wildman–Crippen LogP) is 2.60. The standard InChI is InChI=1S/C12H16F2N2/c1-3-10-5-4-9(6-11(10)14)7-16-12(15)8(2)13/h4-6,8H,3,7H2,1-2H3,(H2,15,16)/t8-/m0/s1. The lowest BCUT2D eigenvalue weighted by Gasteiger charge is -2.04. The van der Waals surface area contributed by atoms with Gasteiger partial charge in [0.1, 0.15) is 11.7 Å². The minimum Gasteiger partial charge on any atom is -0.385 e. The quantitative estimate of drug-likeness (QED) is 0.622. The average Bonchev–Trinajstić information content (AvgIpc) is 2.25. The minimum absolute atomic E-state index is 0.0556. The van der Waals surface area contributed by atoms with Crippen LogP contribution in [-0.2, 0) is 13.0 Å². The van der Waals surface area contributed by atoms with Crippen LogP contribution >= 0.6 is 0 Å². The van der Waals surface area contributed by atoms with Crippen LogP contribution in [0.5, 0.6) is 0 Å². The Hall–Kier alpha value is -1.45. The molecule has 0 saturated carbocycles. The SMILES string of the molecule is CCc1ccc(CN=C(N)[C@H](C)F)cc1F. The number of nitrogens with zero attached hydrogens (tertiary/aromatic N) is 1. The van der Waals surface area contributed by atoms with Gasteiger partial charge in [0, 0.05) is 0 Å². The van der Waals surface area contributed by atoms with E-state index in [9.17, 15) is 8.78 Å². The molecule has 1 atom stereocenters. The fourth-order valence-corrected chi connectivity index (χ4v) is 1.28. The second-order valence-corrected chi connectivity index (χ2v) is 3.64. The van der Waals surface area contributed by atoms with Gasteiger partial charge in [0.25, 0.3) is 0 Å². The molecule has 16 heavy (non-hydrogen) atoms. The Kier molecular flexibility index (Phi) is 4.40. The third kappa shape index (κ3) is 3.29. The van der Waals surface area contributed by atoms with Crippen molar-refractivity contribution in [2.24, 2.45) is 10.7 Å². The zero-order valence-electron chi connectivity index (χ0n) is 9.50. The van der Waals surface area contributed by atoms with Crippen LogP contribution < -0.4 is 5.73 Å². The third-order valence-electron chi connectivity index (χ3n) is 2.35. The molecular weight excluding hydrogens is 210 g/mol. The first-order chi connectivity index (χ1) is 7.54. The molecule has 0 aliphatic carbocycles. The van der Waals surface area contributed by atoms with Gasteiger partial charge in [-0.3, -0.25) is 4.99 Å². The van der Waals surface area contributed by atoms with Crippen LogP contribution in [0.25, 0.3) is 0 Å². The summed E-state index contributed by atoms with van der Waals surface area (Å²) in [6, 6.07) is 4.91. The number of aryl methyl sites for hydroxylation is 1. The average molecular weight is 226 g/mol. The number of amidine groups is 1. The minimum atomic E-state index is -1.26. The summed E-state index contributed by atoms with van der Waals surface area (Å²) in [7, 11) is 0. The highest BCUT2D eigenvalue weighted by Crippen LogP contribution is 2.12. The molecule has 0 amide bonds. The second kappa shape index (κ2) is 5.58. The van der Waals surface area contributed by atoms with E-state index in [0.717, 1.165) is 0 Å². The van der Waals surface area contributed by atoms with E-state index in [1.165, 1.54) is 13.0 Å². The Morgan fingerprint density at radius 3 is 2.69 bits per heavy atom. The third-order valence-corrected chi connectivity index (χ3v) is 2.35. The van der Waals surface area contributed by atoms with Gasteiger partial charge >= 0.3 is 0 Å². The maximum atomic E-state index is 13.4. The van der Waals surface area contributed by atoms with Crippen molar-refractivity contribution in [3.05, 3.63) is 35.1 Å². The van der Waals surface area contributed by atoms with Crippen molar-refractivity contribution in [2.45, 2.75) is 33.0 Å². The molecule has 1 aromatic rings. The summed E-state index contributed by atoms with van der Waals surface area (Å²) >= 11 is 0. The zero-order chi connectivity index (χ0) is 12.1. The van der Waals surface area contributed by atoms with Crippen molar-refractivity contribution in [2.75, 3.05) is 0 Å². The largest absolute Gasteiger partial charge is 0.385 e. The van der Waals surface area contributed by atoms with Crippen molar-refractivity contribution in [1.29, 1.82) is 0 Å². The van der Waals surface area contributed by atoms with Gasteiger partial charge in [-0.25, -0.2) is 8.78 Å². The molecule has 0 spiro atoms. The lowest BCUT2D eigenvalue weighted by atomic mass is 10.1. The highest BCUT2D eigenvalue weighted by molar-refractivity contribution is 5.84. The monoisotopic (exact) mass is 226 g/mol. The first-order valence-electron chi connectivity index (χ1n) is 5.25. The molecule has 0 aliphatic heterocycles. The summed E-state index contributed by atoms with van der Waals surface area (Å²) < 4.78 is 26.0. The second-order valence-electron chi connectivity index (χ2n) is 3.64. The highest BCUT2D eigenvalue weighted by atomic mass is 19.1. The van der Waals surface area contributed by atoms with Crippen LogP contribution in [-0.4, -0.2) is 12.0 Å². The number of hydrogen-bond acceptors (Lipinski definition) is 1. The van der Waals surface area contributed by atoms with E-state index < -0.39 is 6.17 Å². The zero-order valence-corrected chi connectivity index (χ0v) is 9.50. The van der Waals surface area contributed by atoms with Crippen LogP contribution in [0.3, 0.4) is 0 Å². The van der Waals surface area contributed by atoms with E-state index in [1.807, 2.05) is 6.92 Å². The summed E-state index contributed by atoms with van der Waals surface area (Å²) in [5.41, 5.74) is 6.70. The highest BCUT2D eigenvalue weighted by Gasteiger charge is 2.04. The van der Waals surface area contributed by atoms with Crippen molar-refractivity contribution in [3.63, 3.8) is 0 Å². The molecule has 0 bridgehead atoms. The summed E-state index contributed by atoms with van der Waals surface area (Å²) in [6.45, 7) is 3.42. The van der Waals surface area contributed by atoms with Gasteiger partial charge in [0.05, 0.1) is 6.54 Å². The molecule has 0 aromatic heterocycles. The Bertz CT molecular complexity index is 387. The number of aliphatic imine (C=N–C) groups is 1. The number of halogens is 2. The molecule has 0 saturated heterocycles. The first kappa shape index (κ1) is 12.6. The molecule has 0 unspecified atom stereocenters. The van der Waals surface area contributed by atoms with Crippen LogP contribution in [0.2, 0.25) is 0 Å². The predicted molar refractivity (Wildman–Crippen MR) is 61.7 cm³/mol.